The van der Waals surface area contributed by atoms with E-state index < -0.39 is 0 Å². The molecular formula is C11H14B2N2. The summed E-state index contributed by atoms with van der Waals surface area (Å²) in [6.07, 6.45) is 1.92. The van der Waals surface area contributed by atoms with Crippen molar-refractivity contribution in [2.24, 2.45) is 0 Å². The Balaban J connectivity index is 2.69. The van der Waals surface area contributed by atoms with Gasteiger partial charge in [0.05, 0.1) is 22.4 Å². The molecule has 0 unspecified atom stereocenters. The van der Waals surface area contributed by atoms with Crippen molar-refractivity contribution in [2.75, 3.05) is 0 Å². The molecule has 15 heavy (non-hydrogen) atoms. The van der Waals surface area contributed by atoms with Gasteiger partial charge in [-0.2, -0.15) is 0 Å². The van der Waals surface area contributed by atoms with E-state index in [0.717, 1.165) is 35.1 Å². The third-order valence-corrected chi connectivity index (χ3v) is 2.64. The van der Waals surface area contributed by atoms with Gasteiger partial charge in [-0.1, -0.05) is 6.07 Å². The van der Waals surface area contributed by atoms with Crippen molar-refractivity contribution in [3.8, 4) is 0 Å². The number of hydrogen-bond donors (Lipinski definition) is 0. The second kappa shape index (κ2) is 4.05. The SMILES string of the molecule is BCc1nc2ccc(C)cc2nc1CB. The van der Waals surface area contributed by atoms with Crippen LogP contribution in [0, 0.1) is 6.92 Å². The first-order valence-corrected chi connectivity index (χ1v) is 5.50. The molecule has 0 N–H and O–H groups in total. The van der Waals surface area contributed by atoms with E-state index in [1.165, 1.54) is 5.56 Å². The Hall–Kier alpha value is -1.31. The molecule has 0 amide bonds. The third-order valence-electron chi connectivity index (χ3n) is 2.64. The number of fused-ring (bicyclic) bond motifs is 1. The summed E-state index contributed by atoms with van der Waals surface area (Å²) in [4.78, 5) is 9.31. The maximum Gasteiger partial charge on any atom is 0.109 e. The molecule has 1 aromatic carbocycles. The van der Waals surface area contributed by atoms with Crippen molar-refractivity contribution >= 4 is 26.7 Å². The van der Waals surface area contributed by atoms with E-state index in [-0.39, 0.29) is 0 Å². The number of aryl methyl sites for hydroxylation is 1. The quantitative estimate of drug-likeness (QED) is 0.641. The number of hydrogen-bond acceptors (Lipinski definition) is 2. The van der Waals surface area contributed by atoms with E-state index in [2.05, 4.69) is 50.8 Å². The molecule has 0 spiro atoms. The van der Waals surface area contributed by atoms with Gasteiger partial charge < -0.3 is 0 Å². The van der Waals surface area contributed by atoms with Crippen LogP contribution in [0.25, 0.3) is 11.0 Å². The van der Waals surface area contributed by atoms with Crippen LogP contribution in [0.4, 0.5) is 0 Å². The highest BCUT2D eigenvalue weighted by Gasteiger charge is 2.05. The Labute approximate surface area is 92.0 Å². The van der Waals surface area contributed by atoms with Gasteiger partial charge >= 0.3 is 0 Å². The summed E-state index contributed by atoms with van der Waals surface area (Å²) in [5, 5.41) is 0. The molecule has 0 bridgehead atoms. The van der Waals surface area contributed by atoms with Crippen LogP contribution in [0.3, 0.4) is 0 Å². The van der Waals surface area contributed by atoms with E-state index in [4.69, 9.17) is 0 Å². The van der Waals surface area contributed by atoms with Crippen LogP contribution in [0.15, 0.2) is 18.2 Å². The topological polar surface area (TPSA) is 25.8 Å². The van der Waals surface area contributed by atoms with Crippen molar-refractivity contribution in [1.82, 2.24) is 9.97 Å². The van der Waals surface area contributed by atoms with Crippen molar-refractivity contribution in [3.63, 3.8) is 0 Å². The molecule has 2 nitrogen and oxygen atoms in total. The normalized spacial score (nSPS) is 10.7. The van der Waals surface area contributed by atoms with Crippen LogP contribution in [0.5, 0.6) is 0 Å². The highest BCUT2D eigenvalue weighted by atomic mass is 14.8. The zero-order chi connectivity index (χ0) is 10.8. The minimum atomic E-state index is 0.958. The van der Waals surface area contributed by atoms with Gasteiger partial charge in [0.15, 0.2) is 0 Å². The number of benzene rings is 1. The molecule has 0 saturated carbocycles. The number of nitrogens with zero attached hydrogens (tertiary/aromatic N) is 2. The minimum Gasteiger partial charge on any atom is -0.250 e. The molecule has 0 fully saturated rings. The van der Waals surface area contributed by atoms with Gasteiger partial charge in [0.2, 0.25) is 0 Å². The monoisotopic (exact) mass is 196 g/mol. The van der Waals surface area contributed by atoms with E-state index >= 15 is 0 Å². The van der Waals surface area contributed by atoms with E-state index in [1.54, 1.807) is 0 Å². The fourth-order valence-corrected chi connectivity index (χ4v) is 1.80. The molecule has 2 rings (SSSR count). The lowest BCUT2D eigenvalue weighted by Gasteiger charge is -2.06. The maximum absolute atomic E-state index is 4.66. The lowest BCUT2D eigenvalue weighted by atomic mass is 9.93. The molecule has 0 aliphatic carbocycles. The largest absolute Gasteiger partial charge is 0.250 e. The Morgan fingerprint density at radius 3 is 2.20 bits per heavy atom. The first-order chi connectivity index (χ1) is 7.24. The molecule has 0 aliphatic heterocycles. The highest BCUT2D eigenvalue weighted by molar-refractivity contribution is 6.10. The number of rotatable bonds is 2. The van der Waals surface area contributed by atoms with Gasteiger partial charge in [-0.05, 0) is 37.3 Å². The molecule has 4 heteroatoms. The zero-order valence-corrected chi connectivity index (χ0v) is 9.54. The fourth-order valence-electron chi connectivity index (χ4n) is 1.80. The minimum absolute atomic E-state index is 0.958. The maximum atomic E-state index is 4.66. The van der Waals surface area contributed by atoms with Gasteiger partial charge in [-0.25, -0.2) is 0 Å². The van der Waals surface area contributed by atoms with Crippen LogP contribution in [0.1, 0.15) is 17.0 Å². The van der Waals surface area contributed by atoms with Crippen LogP contribution in [-0.4, -0.2) is 25.7 Å². The van der Waals surface area contributed by atoms with Crippen molar-refractivity contribution in [1.29, 1.82) is 0 Å². The molecule has 0 saturated heterocycles. The molecule has 0 atom stereocenters. The average Bonchev–Trinajstić information content (AvgIpc) is 2.27. The Morgan fingerprint density at radius 1 is 1.00 bits per heavy atom. The van der Waals surface area contributed by atoms with Crippen molar-refractivity contribution in [2.45, 2.75) is 19.6 Å². The predicted molar refractivity (Wildman–Crippen MR) is 68.8 cm³/mol. The Kier molecular flexibility index (Phi) is 2.76. The van der Waals surface area contributed by atoms with Crippen molar-refractivity contribution < 1.29 is 0 Å². The summed E-state index contributed by atoms with van der Waals surface area (Å²) >= 11 is 0. The highest BCUT2D eigenvalue weighted by Crippen LogP contribution is 2.14. The lowest BCUT2D eigenvalue weighted by Crippen LogP contribution is -2.02. The molecule has 2 aromatic rings. The summed E-state index contributed by atoms with van der Waals surface area (Å²) in [6, 6.07) is 6.24. The Bertz CT molecular complexity index is 497. The van der Waals surface area contributed by atoms with Gasteiger partial charge in [0.25, 0.3) is 0 Å². The van der Waals surface area contributed by atoms with Gasteiger partial charge in [0.1, 0.15) is 15.7 Å². The summed E-state index contributed by atoms with van der Waals surface area (Å²) in [7, 11) is 4.26. The molecular weight excluding hydrogens is 182 g/mol. The summed E-state index contributed by atoms with van der Waals surface area (Å²) in [6.45, 7) is 2.08. The number of aromatic nitrogens is 2. The molecule has 1 heterocycles. The molecule has 74 valence electrons. The van der Waals surface area contributed by atoms with Crippen molar-refractivity contribution in [3.05, 3.63) is 35.2 Å². The fraction of sp³-hybridized carbons (Fsp3) is 0.273. The summed E-state index contributed by atoms with van der Waals surface area (Å²) in [5.74, 6) is 0. The zero-order valence-electron chi connectivity index (χ0n) is 9.54. The average molecular weight is 196 g/mol. The van der Waals surface area contributed by atoms with Gasteiger partial charge in [0, 0.05) is 0 Å². The van der Waals surface area contributed by atoms with E-state index in [1.807, 2.05) is 0 Å². The van der Waals surface area contributed by atoms with Gasteiger partial charge in [-0.15, -0.1) is 0 Å². The second-order valence-electron chi connectivity index (χ2n) is 3.82. The first kappa shape index (κ1) is 10.2. The van der Waals surface area contributed by atoms with E-state index in [0.29, 0.717) is 0 Å². The molecule has 0 radical (unpaired) electrons. The smallest absolute Gasteiger partial charge is 0.109 e. The predicted octanol–water partition coefficient (Wildman–Crippen LogP) is 0.204. The second-order valence-corrected chi connectivity index (χ2v) is 3.82. The molecule has 0 aliphatic rings. The lowest BCUT2D eigenvalue weighted by molar-refractivity contribution is 1.06. The molecule has 1 aromatic heterocycles. The van der Waals surface area contributed by atoms with Gasteiger partial charge in [-0.3, -0.25) is 9.97 Å². The first-order valence-electron chi connectivity index (χ1n) is 5.50. The summed E-state index contributed by atoms with van der Waals surface area (Å²) in [5.41, 5.74) is 5.53. The van der Waals surface area contributed by atoms with Crippen LogP contribution in [-0.2, 0) is 12.6 Å². The van der Waals surface area contributed by atoms with Crippen LogP contribution < -0.4 is 0 Å². The standard InChI is InChI=1S/C11H14B2N2/c1-7-2-3-8-9(4-7)15-11(6-13)10(5-12)14-8/h2-4H,5-6,12-13H2,1H3. The summed E-state index contributed by atoms with van der Waals surface area (Å²) < 4.78 is 0. The third kappa shape index (κ3) is 1.89. The van der Waals surface area contributed by atoms with Crippen LogP contribution in [0.2, 0.25) is 0 Å². The Morgan fingerprint density at radius 2 is 1.60 bits per heavy atom. The van der Waals surface area contributed by atoms with E-state index in [9.17, 15) is 0 Å². The van der Waals surface area contributed by atoms with Crippen LogP contribution >= 0.6 is 0 Å².